The van der Waals surface area contributed by atoms with E-state index in [1.54, 1.807) is 30.1 Å². The van der Waals surface area contributed by atoms with Crippen molar-refractivity contribution in [2.75, 3.05) is 39.0 Å². The number of halogens is 1. The number of nitrogens with one attached hydrogen (secondary N) is 2. The Morgan fingerprint density at radius 3 is 2.62 bits per heavy atom. The second kappa shape index (κ2) is 9.95. The standard InChI is InChI=1S/C13H20N4O3.ClH/c1-14-9-10-16(2)13(18)7-8-15-11-5-3-4-6-12(11)17(19)20;/h3-6,14-15H,7-10H2,1-2H3;1H. The van der Waals surface area contributed by atoms with Gasteiger partial charge in [0.05, 0.1) is 4.92 Å². The van der Waals surface area contributed by atoms with Crippen LogP contribution in [0.25, 0.3) is 0 Å². The van der Waals surface area contributed by atoms with Gasteiger partial charge >= 0.3 is 0 Å². The molecule has 1 aromatic carbocycles. The fourth-order valence-electron chi connectivity index (χ4n) is 1.68. The first-order valence-corrected chi connectivity index (χ1v) is 6.42. The molecule has 1 amide bonds. The van der Waals surface area contributed by atoms with Crippen molar-refractivity contribution >= 4 is 29.7 Å². The first-order chi connectivity index (χ1) is 9.56. The van der Waals surface area contributed by atoms with Gasteiger partial charge < -0.3 is 15.5 Å². The number of amides is 1. The molecule has 0 spiro atoms. The quantitative estimate of drug-likeness (QED) is 0.560. The van der Waals surface area contributed by atoms with Gasteiger partial charge in [-0.3, -0.25) is 14.9 Å². The molecule has 0 radical (unpaired) electrons. The summed E-state index contributed by atoms with van der Waals surface area (Å²) in [7, 11) is 3.57. The predicted octanol–water partition coefficient (Wildman–Crippen LogP) is 1.50. The number of hydrogen-bond donors (Lipinski definition) is 2. The average molecular weight is 317 g/mol. The third-order valence-corrected chi connectivity index (χ3v) is 2.88. The Hall–Kier alpha value is -1.86. The first-order valence-electron chi connectivity index (χ1n) is 6.42. The number of nitro benzene ring substituents is 1. The lowest BCUT2D eigenvalue weighted by Gasteiger charge is -2.17. The van der Waals surface area contributed by atoms with E-state index in [9.17, 15) is 14.9 Å². The highest BCUT2D eigenvalue weighted by molar-refractivity contribution is 5.85. The molecule has 0 saturated carbocycles. The summed E-state index contributed by atoms with van der Waals surface area (Å²) in [4.78, 5) is 23.8. The molecule has 0 heterocycles. The number of carbonyl (C=O) groups excluding carboxylic acids is 1. The lowest BCUT2D eigenvalue weighted by molar-refractivity contribution is -0.384. The largest absolute Gasteiger partial charge is 0.379 e. The van der Waals surface area contributed by atoms with Gasteiger partial charge in [0.15, 0.2) is 0 Å². The minimum absolute atomic E-state index is 0. The van der Waals surface area contributed by atoms with E-state index in [4.69, 9.17) is 0 Å². The van der Waals surface area contributed by atoms with E-state index in [2.05, 4.69) is 10.6 Å². The van der Waals surface area contributed by atoms with Crippen LogP contribution in [0.1, 0.15) is 6.42 Å². The van der Waals surface area contributed by atoms with Crippen LogP contribution >= 0.6 is 12.4 Å². The van der Waals surface area contributed by atoms with Crippen LogP contribution in [-0.4, -0.2) is 49.5 Å². The molecule has 0 fully saturated rings. The highest BCUT2D eigenvalue weighted by Crippen LogP contribution is 2.22. The van der Waals surface area contributed by atoms with Crippen LogP contribution in [0.3, 0.4) is 0 Å². The normalized spacial score (nSPS) is 9.62. The van der Waals surface area contributed by atoms with E-state index < -0.39 is 4.92 Å². The third-order valence-electron chi connectivity index (χ3n) is 2.88. The molecule has 7 nitrogen and oxygen atoms in total. The Bertz CT molecular complexity index is 470. The van der Waals surface area contributed by atoms with Gasteiger partial charge in [-0.15, -0.1) is 12.4 Å². The smallest absolute Gasteiger partial charge is 0.292 e. The predicted molar refractivity (Wildman–Crippen MR) is 85.0 cm³/mol. The lowest BCUT2D eigenvalue weighted by Crippen LogP contribution is -2.33. The van der Waals surface area contributed by atoms with Crippen LogP contribution in [0.4, 0.5) is 11.4 Å². The number of nitro groups is 1. The molecule has 118 valence electrons. The zero-order chi connectivity index (χ0) is 15.0. The van der Waals surface area contributed by atoms with E-state index in [-0.39, 0.29) is 24.0 Å². The Kier molecular flexibility index (Phi) is 9.07. The van der Waals surface area contributed by atoms with E-state index in [0.717, 1.165) is 6.54 Å². The van der Waals surface area contributed by atoms with Crippen molar-refractivity contribution in [2.24, 2.45) is 0 Å². The number of likely N-dealkylation sites (N-methyl/N-ethyl adjacent to an activating group) is 2. The highest BCUT2D eigenvalue weighted by atomic mass is 35.5. The number of hydrogen-bond acceptors (Lipinski definition) is 5. The van der Waals surface area contributed by atoms with Crippen LogP contribution in [-0.2, 0) is 4.79 Å². The van der Waals surface area contributed by atoms with Crippen molar-refractivity contribution in [1.29, 1.82) is 0 Å². The van der Waals surface area contributed by atoms with Gasteiger partial charge in [-0.1, -0.05) is 12.1 Å². The molecule has 21 heavy (non-hydrogen) atoms. The molecule has 1 rings (SSSR count). The Labute approximate surface area is 130 Å². The number of rotatable bonds is 8. The lowest BCUT2D eigenvalue weighted by atomic mass is 10.2. The fourth-order valence-corrected chi connectivity index (χ4v) is 1.68. The summed E-state index contributed by atoms with van der Waals surface area (Å²) in [6.45, 7) is 1.74. The van der Waals surface area contributed by atoms with E-state index in [0.29, 0.717) is 25.2 Å². The number of benzene rings is 1. The van der Waals surface area contributed by atoms with Crippen molar-refractivity contribution < 1.29 is 9.72 Å². The van der Waals surface area contributed by atoms with Crippen LogP contribution in [0, 0.1) is 10.1 Å². The zero-order valence-electron chi connectivity index (χ0n) is 12.2. The van der Waals surface area contributed by atoms with Gasteiger partial charge in [0.2, 0.25) is 5.91 Å². The van der Waals surface area contributed by atoms with Crippen LogP contribution in [0.2, 0.25) is 0 Å². The number of nitrogens with zero attached hydrogens (tertiary/aromatic N) is 2. The maximum absolute atomic E-state index is 11.8. The number of anilines is 1. The number of para-hydroxylation sites is 2. The molecule has 0 unspecified atom stereocenters. The molecule has 0 aliphatic heterocycles. The van der Waals surface area contributed by atoms with Crippen molar-refractivity contribution in [1.82, 2.24) is 10.2 Å². The second-order valence-corrected chi connectivity index (χ2v) is 4.37. The highest BCUT2D eigenvalue weighted by Gasteiger charge is 2.13. The molecule has 0 atom stereocenters. The van der Waals surface area contributed by atoms with Gasteiger partial charge in [0.25, 0.3) is 5.69 Å². The minimum atomic E-state index is -0.441. The van der Waals surface area contributed by atoms with Gasteiger partial charge in [0.1, 0.15) is 5.69 Å². The summed E-state index contributed by atoms with van der Waals surface area (Å²) < 4.78 is 0. The summed E-state index contributed by atoms with van der Waals surface area (Å²) in [6, 6.07) is 6.40. The maximum atomic E-state index is 11.8. The summed E-state index contributed by atoms with van der Waals surface area (Å²) in [5, 5.41) is 16.7. The van der Waals surface area contributed by atoms with Crippen molar-refractivity contribution in [3.63, 3.8) is 0 Å². The molecule has 1 aromatic rings. The van der Waals surface area contributed by atoms with Gasteiger partial charge in [-0.25, -0.2) is 0 Å². The zero-order valence-corrected chi connectivity index (χ0v) is 13.0. The van der Waals surface area contributed by atoms with Gasteiger partial charge in [-0.05, 0) is 13.1 Å². The molecule has 0 aliphatic rings. The van der Waals surface area contributed by atoms with E-state index in [1.165, 1.54) is 6.07 Å². The molecule has 0 aromatic heterocycles. The third kappa shape index (κ3) is 6.42. The maximum Gasteiger partial charge on any atom is 0.292 e. The molecule has 8 heteroatoms. The summed E-state index contributed by atoms with van der Waals surface area (Å²) >= 11 is 0. The first kappa shape index (κ1) is 19.1. The Balaban J connectivity index is 0.00000400. The molecule has 2 N–H and O–H groups in total. The molecule has 0 saturated heterocycles. The summed E-state index contributed by atoms with van der Waals surface area (Å²) in [5.74, 6) is 0.00586. The molecular formula is C13H21ClN4O3. The molecule has 0 aliphatic carbocycles. The SMILES string of the molecule is CNCCN(C)C(=O)CCNc1ccccc1[N+](=O)[O-].Cl. The van der Waals surface area contributed by atoms with Gasteiger partial charge in [-0.2, -0.15) is 0 Å². The van der Waals surface area contributed by atoms with E-state index in [1.807, 2.05) is 7.05 Å². The summed E-state index contributed by atoms with van der Waals surface area (Å²) in [5.41, 5.74) is 0.451. The van der Waals surface area contributed by atoms with Crippen LogP contribution in [0.15, 0.2) is 24.3 Å². The molecule has 0 bridgehead atoms. The Morgan fingerprint density at radius 2 is 2.00 bits per heavy atom. The fraction of sp³-hybridized carbons (Fsp3) is 0.462. The van der Waals surface area contributed by atoms with Gasteiger partial charge in [0, 0.05) is 39.2 Å². The molecular weight excluding hydrogens is 296 g/mol. The van der Waals surface area contributed by atoms with Crippen LogP contribution < -0.4 is 10.6 Å². The second-order valence-electron chi connectivity index (χ2n) is 4.37. The number of carbonyl (C=O) groups is 1. The minimum Gasteiger partial charge on any atom is -0.379 e. The van der Waals surface area contributed by atoms with Crippen molar-refractivity contribution in [3.8, 4) is 0 Å². The van der Waals surface area contributed by atoms with Crippen molar-refractivity contribution in [2.45, 2.75) is 6.42 Å². The summed E-state index contributed by atoms with van der Waals surface area (Å²) in [6.07, 6.45) is 0.298. The Morgan fingerprint density at radius 1 is 1.33 bits per heavy atom. The van der Waals surface area contributed by atoms with Crippen LogP contribution in [0.5, 0.6) is 0 Å². The van der Waals surface area contributed by atoms with E-state index >= 15 is 0 Å². The topological polar surface area (TPSA) is 87.5 Å². The monoisotopic (exact) mass is 316 g/mol. The average Bonchev–Trinajstić information content (AvgIpc) is 2.44. The van der Waals surface area contributed by atoms with Crippen molar-refractivity contribution in [3.05, 3.63) is 34.4 Å².